The molecule has 0 aliphatic carbocycles. The van der Waals surface area contributed by atoms with Gasteiger partial charge in [0.25, 0.3) is 0 Å². The van der Waals surface area contributed by atoms with Gasteiger partial charge in [0.05, 0.1) is 20.3 Å². The first-order chi connectivity index (χ1) is 12.4. The molecule has 0 saturated carbocycles. The fourth-order valence-electron chi connectivity index (χ4n) is 2.02. The second-order valence-corrected chi connectivity index (χ2v) is 5.92. The summed E-state index contributed by atoms with van der Waals surface area (Å²) in [6, 6.07) is 5.28. The molecule has 2 N–H and O–H groups in total. The molecule has 0 aliphatic rings. The Kier molecular flexibility index (Phi) is 9.09. The normalized spacial score (nSPS) is 11.6. The lowest BCUT2D eigenvalue weighted by atomic mass is 10.2. The highest BCUT2D eigenvalue weighted by molar-refractivity contribution is 14.0. The molecule has 150 valence electrons. The van der Waals surface area contributed by atoms with Crippen molar-refractivity contribution in [1.29, 1.82) is 0 Å². The van der Waals surface area contributed by atoms with Crippen LogP contribution in [0.4, 0.5) is 18.9 Å². The van der Waals surface area contributed by atoms with E-state index in [-0.39, 0.29) is 30.5 Å². The van der Waals surface area contributed by atoms with E-state index in [0.717, 1.165) is 16.7 Å². The van der Waals surface area contributed by atoms with Crippen molar-refractivity contribution in [2.45, 2.75) is 19.6 Å². The molecule has 0 aliphatic heterocycles. The quantitative estimate of drug-likeness (QED) is 0.339. The van der Waals surface area contributed by atoms with Crippen molar-refractivity contribution in [3.05, 3.63) is 34.3 Å². The average molecular weight is 516 g/mol. The number of rotatable bonds is 6. The zero-order valence-electron chi connectivity index (χ0n) is 14.9. The van der Waals surface area contributed by atoms with Gasteiger partial charge in [0.2, 0.25) is 0 Å². The Morgan fingerprint density at radius 2 is 2.04 bits per heavy atom. The number of hydrogen-bond acceptors (Lipinski definition) is 5. The van der Waals surface area contributed by atoms with Crippen molar-refractivity contribution in [3.8, 4) is 11.5 Å². The predicted molar refractivity (Wildman–Crippen MR) is 111 cm³/mol. The molecular weight excluding hydrogens is 496 g/mol. The third-order valence-electron chi connectivity index (χ3n) is 3.20. The third kappa shape index (κ3) is 6.72. The van der Waals surface area contributed by atoms with E-state index in [2.05, 4.69) is 20.6 Å². The van der Waals surface area contributed by atoms with Gasteiger partial charge in [-0.3, -0.25) is 4.99 Å². The van der Waals surface area contributed by atoms with Gasteiger partial charge in [-0.25, -0.2) is 4.98 Å². The van der Waals surface area contributed by atoms with Crippen LogP contribution in [-0.4, -0.2) is 31.7 Å². The summed E-state index contributed by atoms with van der Waals surface area (Å²) in [6.45, 7) is 2.51. The molecule has 6 nitrogen and oxygen atoms in total. The SMILES string of the molecule is CCOc1ccc(NC(=NC)NCc2nc(C(F)(F)F)cs2)cc1OC.I. The van der Waals surface area contributed by atoms with Crippen LogP contribution in [0, 0.1) is 0 Å². The van der Waals surface area contributed by atoms with E-state index in [1.165, 1.54) is 7.11 Å². The molecule has 0 amide bonds. The van der Waals surface area contributed by atoms with Crippen LogP contribution in [0.2, 0.25) is 0 Å². The standard InChI is InChI=1S/C16H19F3N4O2S.HI/c1-4-25-11-6-5-10(7-12(11)24-3)22-15(20-2)21-8-14-23-13(9-26-14)16(17,18)19;/h5-7,9H,4,8H2,1-3H3,(H2,20,21,22);1H. The van der Waals surface area contributed by atoms with E-state index in [1.807, 2.05) is 6.92 Å². The van der Waals surface area contributed by atoms with Gasteiger partial charge in [-0.15, -0.1) is 35.3 Å². The van der Waals surface area contributed by atoms with Crippen LogP contribution in [0.1, 0.15) is 17.6 Å². The Labute approximate surface area is 176 Å². The van der Waals surface area contributed by atoms with E-state index >= 15 is 0 Å². The van der Waals surface area contributed by atoms with E-state index in [0.29, 0.717) is 34.8 Å². The summed E-state index contributed by atoms with van der Waals surface area (Å²) in [5, 5.41) is 7.26. The molecule has 1 aromatic carbocycles. The van der Waals surface area contributed by atoms with Crippen molar-refractivity contribution in [1.82, 2.24) is 10.3 Å². The first-order valence-electron chi connectivity index (χ1n) is 7.67. The summed E-state index contributed by atoms with van der Waals surface area (Å²) >= 11 is 0.936. The lowest BCUT2D eigenvalue weighted by molar-refractivity contribution is -0.140. The fraction of sp³-hybridized carbons (Fsp3) is 0.375. The summed E-state index contributed by atoms with van der Waals surface area (Å²) in [4.78, 5) is 7.61. The Morgan fingerprint density at radius 1 is 1.30 bits per heavy atom. The number of nitrogens with zero attached hydrogens (tertiary/aromatic N) is 2. The van der Waals surface area contributed by atoms with Gasteiger partial charge < -0.3 is 20.1 Å². The number of hydrogen-bond donors (Lipinski definition) is 2. The van der Waals surface area contributed by atoms with Crippen LogP contribution in [0.3, 0.4) is 0 Å². The van der Waals surface area contributed by atoms with Crippen molar-refractivity contribution < 1.29 is 22.6 Å². The number of alkyl halides is 3. The minimum Gasteiger partial charge on any atom is -0.493 e. The molecule has 0 saturated heterocycles. The number of aromatic nitrogens is 1. The summed E-state index contributed by atoms with van der Waals surface area (Å²) in [7, 11) is 3.10. The minimum absolute atomic E-state index is 0. The number of nitrogens with one attached hydrogen (secondary N) is 2. The van der Waals surface area contributed by atoms with Crippen LogP contribution >= 0.6 is 35.3 Å². The summed E-state index contributed by atoms with van der Waals surface area (Å²) < 4.78 is 48.5. The monoisotopic (exact) mass is 516 g/mol. The van der Waals surface area contributed by atoms with Gasteiger partial charge >= 0.3 is 6.18 Å². The van der Waals surface area contributed by atoms with Gasteiger partial charge in [-0.1, -0.05) is 0 Å². The molecule has 0 unspecified atom stereocenters. The number of guanidine groups is 1. The van der Waals surface area contributed by atoms with Gasteiger partial charge in [-0.05, 0) is 19.1 Å². The second kappa shape index (κ2) is 10.5. The Hall–Kier alpha value is -1.76. The van der Waals surface area contributed by atoms with Gasteiger partial charge in [0.15, 0.2) is 23.2 Å². The van der Waals surface area contributed by atoms with Crippen LogP contribution in [0.25, 0.3) is 0 Å². The van der Waals surface area contributed by atoms with E-state index in [1.54, 1.807) is 25.2 Å². The molecule has 11 heteroatoms. The molecule has 27 heavy (non-hydrogen) atoms. The second-order valence-electron chi connectivity index (χ2n) is 4.97. The molecule has 0 fully saturated rings. The molecule has 1 heterocycles. The van der Waals surface area contributed by atoms with E-state index in [9.17, 15) is 13.2 Å². The third-order valence-corrected chi connectivity index (χ3v) is 4.05. The first-order valence-corrected chi connectivity index (χ1v) is 8.55. The number of ether oxygens (including phenoxy) is 2. The summed E-state index contributed by atoms with van der Waals surface area (Å²) in [5.74, 6) is 1.56. The molecule has 0 bridgehead atoms. The highest BCUT2D eigenvalue weighted by Gasteiger charge is 2.33. The van der Waals surface area contributed by atoms with Crippen LogP contribution < -0.4 is 20.1 Å². The maximum Gasteiger partial charge on any atom is 0.434 e. The topological polar surface area (TPSA) is 67.8 Å². The van der Waals surface area contributed by atoms with Crippen molar-refractivity contribution in [2.75, 3.05) is 26.1 Å². The lowest BCUT2D eigenvalue weighted by Gasteiger charge is -2.14. The van der Waals surface area contributed by atoms with Gasteiger partial charge in [-0.2, -0.15) is 13.2 Å². The number of anilines is 1. The first kappa shape index (κ1) is 23.3. The van der Waals surface area contributed by atoms with Crippen molar-refractivity contribution >= 4 is 47.0 Å². The van der Waals surface area contributed by atoms with E-state index in [4.69, 9.17) is 9.47 Å². The number of benzene rings is 1. The molecule has 0 atom stereocenters. The predicted octanol–water partition coefficient (Wildman–Crippen LogP) is 4.37. The minimum atomic E-state index is -4.44. The molecule has 2 aromatic rings. The highest BCUT2D eigenvalue weighted by atomic mass is 127. The van der Waals surface area contributed by atoms with Crippen molar-refractivity contribution in [3.63, 3.8) is 0 Å². The maximum absolute atomic E-state index is 12.6. The lowest BCUT2D eigenvalue weighted by Crippen LogP contribution is -2.30. The van der Waals surface area contributed by atoms with Crippen LogP contribution in [-0.2, 0) is 12.7 Å². The van der Waals surface area contributed by atoms with Crippen LogP contribution in [0.5, 0.6) is 11.5 Å². The zero-order chi connectivity index (χ0) is 19.2. The zero-order valence-corrected chi connectivity index (χ0v) is 18.0. The molecule has 1 aromatic heterocycles. The van der Waals surface area contributed by atoms with Crippen molar-refractivity contribution in [2.24, 2.45) is 4.99 Å². The number of aliphatic imine (C=N–C) groups is 1. The van der Waals surface area contributed by atoms with E-state index < -0.39 is 11.9 Å². The number of methoxy groups -OCH3 is 1. The fourth-order valence-corrected chi connectivity index (χ4v) is 2.76. The Morgan fingerprint density at radius 3 is 2.59 bits per heavy atom. The molecule has 2 rings (SSSR count). The Bertz CT molecular complexity index is 768. The summed E-state index contributed by atoms with van der Waals surface area (Å²) in [5.41, 5.74) is -0.202. The maximum atomic E-state index is 12.6. The van der Waals surface area contributed by atoms with Gasteiger partial charge in [0.1, 0.15) is 5.01 Å². The Balaban J connectivity index is 0.00000364. The smallest absolute Gasteiger partial charge is 0.434 e. The highest BCUT2D eigenvalue weighted by Crippen LogP contribution is 2.31. The summed E-state index contributed by atoms with van der Waals surface area (Å²) in [6.07, 6.45) is -4.44. The molecular formula is C16H20F3IN4O2S. The number of thiazole rings is 1. The largest absolute Gasteiger partial charge is 0.493 e. The molecule has 0 spiro atoms. The molecule has 0 radical (unpaired) electrons. The number of halogens is 4. The average Bonchev–Trinajstić information content (AvgIpc) is 3.09. The van der Waals surface area contributed by atoms with Crippen LogP contribution in [0.15, 0.2) is 28.6 Å². The van der Waals surface area contributed by atoms with Gasteiger partial charge in [0, 0.05) is 24.2 Å².